The number of hydrogen-bond donors (Lipinski definition) is 1. The van der Waals surface area contributed by atoms with Crippen molar-refractivity contribution in [1.82, 2.24) is 9.99 Å². The third-order valence-electron chi connectivity index (χ3n) is 4.06. The number of benzene rings is 2. The van der Waals surface area contributed by atoms with Crippen molar-refractivity contribution in [2.75, 3.05) is 5.01 Å². The molecule has 0 atom stereocenters. The third kappa shape index (κ3) is 2.95. The van der Waals surface area contributed by atoms with Gasteiger partial charge >= 0.3 is 0 Å². The van der Waals surface area contributed by atoms with E-state index in [0.29, 0.717) is 5.69 Å². The van der Waals surface area contributed by atoms with Crippen molar-refractivity contribution in [2.24, 2.45) is 0 Å². The first kappa shape index (κ1) is 16.4. The van der Waals surface area contributed by atoms with Gasteiger partial charge in [-0.1, -0.05) is 40.2 Å². The van der Waals surface area contributed by atoms with Crippen LogP contribution in [0.5, 0.6) is 0 Å². The molecule has 1 saturated heterocycles. The summed E-state index contributed by atoms with van der Waals surface area (Å²) in [6, 6.07) is 20.6. The van der Waals surface area contributed by atoms with Gasteiger partial charge in [0.2, 0.25) is 0 Å². The number of amides is 2. The van der Waals surface area contributed by atoms with Crippen LogP contribution >= 0.6 is 15.9 Å². The van der Waals surface area contributed by atoms with E-state index in [-0.39, 0.29) is 11.5 Å². The van der Waals surface area contributed by atoms with Crippen molar-refractivity contribution in [3.8, 4) is 5.69 Å². The smallest absolute Gasteiger partial charge is 0.282 e. The monoisotopic (exact) mass is 407 g/mol. The predicted octanol–water partition coefficient (Wildman–Crippen LogP) is 3.70. The quantitative estimate of drug-likeness (QED) is 0.531. The number of carbonyl (C=O) groups is 2. The highest BCUT2D eigenvalue weighted by molar-refractivity contribution is 9.10. The van der Waals surface area contributed by atoms with Gasteiger partial charge in [0.25, 0.3) is 11.8 Å². The molecule has 1 aliphatic rings. The average molecular weight is 408 g/mol. The molecule has 1 fully saturated rings. The van der Waals surface area contributed by atoms with Crippen molar-refractivity contribution in [1.29, 1.82) is 0 Å². The number of para-hydroxylation sites is 1. The lowest BCUT2D eigenvalue weighted by atomic mass is 10.2. The fourth-order valence-electron chi connectivity index (χ4n) is 2.84. The molecule has 1 aliphatic heterocycles. The molecule has 0 saturated carbocycles. The molecule has 0 radical (unpaired) electrons. The summed E-state index contributed by atoms with van der Waals surface area (Å²) in [5.41, 5.74) is 5.01. The van der Waals surface area contributed by atoms with E-state index in [1.54, 1.807) is 18.2 Å². The van der Waals surface area contributed by atoms with Crippen molar-refractivity contribution >= 4 is 39.5 Å². The van der Waals surface area contributed by atoms with E-state index in [4.69, 9.17) is 0 Å². The highest BCUT2D eigenvalue weighted by Crippen LogP contribution is 2.23. The van der Waals surface area contributed by atoms with Gasteiger partial charge in [-0.25, -0.2) is 5.01 Å². The molecular formula is C20H14BrN3O2. The second kappa shape index (κ2) is 6.65. The molecular weight excluding hydrogens is 394 g/mol. The summed E-state index contributed by atoms with van der Waals surface area (Å²) < 4.78 is 2.87. The Morgan fingerprint density at radius 2 is 1.65 bits per heavy atom. The van der Waals surface area contributed by atoms with Crippen LogP contribution in [-0.2, 0) is 9.59 Å². The van der Waals surface area contributed by atoms with Gasteiger partial charge in [0.15, 0.2) is 0 Å². The van der Waals surface area contributed by atoms with E-state index in [0.717, 1.165) is 15.9 Å². The second-order valence-electron chi connectivity index (χ2n) is 5.76. The number of anilines is 1. The lowest BCUT2D eigenvalue weighted by Gasteiger charge is -2.13. The largest absolute Gasteiger partial charge is 0.317 e. The van der Waals surface area contributed by atoms with Crippen LogP contribution in [0.2, 0.25) is 0 Å². The van der Waals surface area contributed by atoms with Crippen LogP contribution in [0.1, 0.15) is 5.69 Å². The molecule has 5 nitrogen and oxygen atoms in total. The van der Waals surface area contributed by atoms with Crippen LogP contribution < -0.4 is 10.4 Å². The first-order valence-electron chi connectivity index (χ1n) is 7.99. The SMILES string of the molecule is O=C1NN(c2ccccc2)C(=O)C1=Cc1cccn1-c1cccc(Br)c1. The van der Waals surface area contributed by atoms with Crippen LogP contribution in [0.25, 0.3) is 11.8 Å². The van der Waals surface area contributed by atoms with Crippen molar-refractivity contribution in [3.63, 3.8) is 0 Å². The van der Waals surface area contributed by atoms with Gasteiger partial charge in [-0.15, -0.1) is 0 Å². The van der Waals surface area contributed by atoms with E-state index < -0.39 is 5.91 Å². The first-order chi connectivity index (χ1) is 12.6. The summed E-state index contributed by atoms with van der Waals surface area (Å²) in [4.78, 5) is 25.0. The number of nitrogens with zero attached hydrogens (tertiary/aromatic N) is 2. The van der Waals surface area contributed by atoms with Gasteiger partial charge in [0.05, 0.1) is 5.69 Å². The lowest BCUT2D eigenvalue weighted by molar-refractivity contribution is -0.117. The molecule has 0 unspecified atom stereocenters. The number of hydrogen-bond acceptors (Lipinski definition) is 2. The normalized spacial score (nSPS) is 15.6. The van der Waals surface area contributed by atoms with Crippen LogP contribution in [0.4, 0.5) is 5.69 Å². The zero-order valence-electron chi connectivity index (χ0n) is 13.6. The summed E-state index contributed by atoms with van der Waals surface area (Å²) in [5, 5.41) is 1.26. The maximum Gasteiger partial charge on any atom is 0.282 e. The number of carbonyl (C=O) groups excluding carboxylic acids is 2. The fourth-order valence-corrected chi connectivity index (χ4v) is 3.22. The van der Waals surface area contributed by atoms with Crippen molar-refractivity contribution in [2.45, 2.75) is 0 Å². The highest BCUT2D eigenvalue weighted by atomic mass is 79.9. The van der Waals surface area contributed by atoms with Crippen LogP contribution in [-0.4, -0.2) is 16.4 Å². The standard InChI is InChI=1S/C20H14BrN3O2/c21-14-6-4-9-16(12-14)23-11-5-10-17(23)13-18-19(25)22-24(20(18)26)15-7-2-1-3-8-15/h1-13H,(H,22,25). The summed E-state index contributed by atoms with van der Waals surface area (Å²) >= 11 is 3.46. The van der Waals surface area contributed by atoms with E-state index in [2.05, 4.69) is 21.4 Å². The number of halogens is 1. The lowest BCUT2D eigenvalue weighted by Crippen LogP contribution is -2.35. The Morgan fingerprint density at radius 1 is 0.885 bits per heavy atom. The van der Waals surface area contributed by atoms with Gasteiger partial charge in [-0.05, 0) is 48.5 Å². The summed E-state index contributed by atoms with van der Waals surface area (Å²) in [5.74, 6) is -0.788. The number of hydrazine groups is 1. The Kier molecular flexibility index (Phi) is 4.18. The average Bonchev–Trinajstić information content (AvgIpc) is 3.22. The number of nitrogens with one attached hydrogen (secondary N) is 1. The Bertz CT molecular complexity index is 1020. The van der Waals surface area contributed by atoms with Crippen LogP contribution in [0, 0.1) is 0 Å². The minimum absolute atomic E-state index is 0.101. The Labute approximate surface area is 158 Å². The topological polar surface area (TPSA) is 54.3 Å². The minimum Gasteiger partial charge on any atom is -0.317 e. The Morgan fingerprint density at radius 3 is 2.42 bits per heavy atom. The van der Waals surface area contributed by atoms with E-state index >= 15 is 0 Å². The van der Waals surface area contributed by atoms with Gasteiger partial charge in [0, 0.05) is 22.1 Å². The van der Waals surface area contributed by atoms with E-state index in [1.807, 2.05) is 65.4 Å². The predicted molar refractivity (Wildman–Crippen MR) is 104 cm³/mol. The molecule has 3 aromatic rings. The van der Waals surface area contributed by atoms with E-state index in [9.17, 15) is 9.59 Å². The maximum absolute atomic E-state index is 12.7. The fraction of sp³-hybridized carbons (Fsp3) is 0. The summed E-state index contributed by atoms with van der Waals surface area (Å²) in [6.45, 7) is 0. The molecule has 128 valence electrons. The number of rotatable bonds is 3. The Balaban J connectivity index is 1.71. The third-order valence-corrected chi connectivity index (χ3v) is 4.56. The number of aromatic nitrogens is 1. The molecule has 1 aromatic heterocycles. The molecule has 2 amide bonds. The molecule has 6 heteroatoms. The van der Waals surface area contributed by atoms with E-state index in [1.165, 1.54) is 5.01 Å². The van der Waals surface area contributed by atoms with Crippen LogP contribution in [0.15, 0.2) is 83.0 Å². The van der Waals surface area contributed by atoms with Crippen LogP contribution in [0.3, 0.4) is 0 Å². The maximum atomic E-state index is 12.7. The molecule has 1 N–H and O–H groups in total. The molecule has 0 spiro atoms. The molecule has 0 bridgehead atoms. The zero-order valence-corrected chi connectivity index (χ0v) is 15.2. The van der Waals surface area contributed by atoms with Gasteiger partial charge in [-0.3, -0.25) is 15.0 Å². The molecule has 26 heavy (non-hydrogen) atoms. The van der Waals surface area contributed by atoms with Gasteiger partial charge < -0.3 is 4.57 Å². The molecule has 2 aromatic carbocycles. The van der Waals surface area contributed by atoms with Gasteiger partial charge in [-0.2, -0.15) is 0 Å². The van der Waals surface area contributed by atoms with Gasteiger partial charge in [0.1, 0.15) is 5.57 Å². The van der Waals surface area contributed by atoms with Crippen molar-refractivity contribution < 1.29 is 9.59 Å². The molecule has 0 aliphatic carbocycles. The second-order valence-corrected chi connectivity index (χ2v) is 6.67. The highest BCUT2D eigenvalue weighted by Gasteiger charge is 2.34. The summed E-state index contributed by atoms with van der Waals surface area (Å²) in [7, 11) is 0. The Hall–Kier alpha value is -3.12. The zero-order chi connectivity index (χ0) is 18.1. The first-order valence-corrected chi connectivity index (χ1v) is 8.78. The minimum atomic E-state index is -0.416. The van der Waals surface area contributed by atoms with Crippen molar-refractivity contribution in [3.05, 3.63) is 88.7 Å². The summed E-state index contributed by atoms with van der Waals surface area (Å²) in [6.07, 6.45) is 3.50. The molecule has 4 rings (SSSR count). The molecule has 2 heterocycles.